The summed E-state index contributed by atoms with van der Waals surface area (Å²) in [4.78, 5) is 17.5. The Morgan fingerprint density at radius 3 is 2.35 bits per heavy atom. The van der Waals surface area contributed by atoms with Crippen LogP contribution in [-0.4, -0.2) is 30.9 Å². The summed E-state index contributed by atoms with van der Waals surface area (Å²) in [5, 5.41) is 7.22. The molecule has 26 heavy (non-hydrogen) atoms. The smallest absolute Gasteiger partial charge is 0.261 e. The molecule has 0 atom stereocenters. The van der Waals surface area contributed by atoms with Gasteiger partial charge in [0.15, 0.2) is 6.61 Å². The van der Waals surface area contributed by atoms with Gasteiger partial charge in [-0.1, -0.05) is 5.16 Å². The van der Waals surface area contributed by atoms with Gasteiger partial charge in [0.1, 0.15) is 5.75 Å². The zero-order valence-corrected chi connectivity index (χ0v) is 15.4. The number of nitrogens with one attached hydrogen (secondary N) is 1. The van der Waals surface area contributed by atoms with Gasteiger partial charge in [0.2, 0.25) is 0 Å². The summed E-state index contributed by atoms with van der Waals surface area (Å²) in [6.07, 6.45) is 9.20. The van der Waals surface area contributed by atoms with Crippen molar-refractivity contribution in [2.45, 2.75) is 51.0 Å². The van der Waals surface area contributed by atoms with Gasteiger partial charge in [0, 0.05) is 5.54 Å². The second-order valence-corrected chi connectivity index (χ2v) is 8.26. The Bertz CT molecular complexity index is 633. The number of benzene rings is 1. The van der Waals surface area contributed by atoms with Crippen LogP contribution in [0.3, 0.4) is 0 Å². The standard InChI is InChI=1S/C21H28N2O3/c1-2-25-19-5-3-15(4-6-19)13-22-26-14-20(24)23-21-10-16-7-17(11-21)9-18(8-16)12-21/h3-6,13,16-18H,2,7-12,14H2,1H3,(H,23,24)/b22-13-. The van der Waals surface area contributed by atoms with Crippen LogP contribution < -0.4 is 10.1 Å². The van der Waals surface area contributed by atoms with Gasteiger partial charge in [0.25, 0.3) is 5.91 Å². The summed E-state index contributed by atoms with van der Waals surface area (Å²) in [5.74, 6) is 3.25. The highest BCUT2D eigenvalue weighted by atomic mass is 16.6. The number of ether oxygens (including phenoxy) is 1. The molecule has 1 aromatic carbocycles. The highest BCUT2D eigenvalue weighted by Gasteiger charge is 2.51. The van der Waals surface area contributed by atoms with Crippen LogP contribution in [0.15, 0.2) is 29.4 Å². The van der Waals surface area contributed by atoms with Gasteiger partial charge < -0.3 is 14.9 Å². The molecule has 0 aromatic heterocycles. The fraction of sp³-hybridized carbons (Fsp3) is 0.619. The number of oxime groups is 1. The van der Waals surface area contributed by atoms with Gasteiger partial charge in [-0.2, -0.15) is 0 Å². The third-order valence-corrected chi connectivity index (χ3v) is 6.11. The van der Waals surface area contributed by atoms with Crippen LogP contribution in [0.25, 0.3) is 0 Å². The van der Waals surface area contributed by atoms with Gasteiger partial charge in [-0.25, -0.2) is 0 Å². The minimum atomic E-state index is -0.0456. The number of carbonyl (C=O) groups excluding carboxylic acids is 1. The SMILES string of the molecule is CCOc1ccc(/C=N\OCC(=O)NC23CC4CC(CC(C4)C2)C3)cc1. The number of rotatable bonds is 7. The Balaban J connectivity index is 1.24. The van der Waals surface area contributed by atoms with Crippen LogP contribution in [-0.2, 0) is 9.63 Å². The molecule has 1 aromatic rings. The molecule has 4 saturated carbocycles. The molecule has 0 heterocycles. The van der Waals surface area contributed by atoms with Crippen molar-refractivity contribution < 1.29 is 14.4 Å². The van der Waals surface area contributed by atoms with Crippen LogP contribution in [0.4, 0.5) is 0 Å². The van der Waals surface area contributed by atoms with Crippen molar-refractivity contribution in [2.24, 2.45) is 22.9 Å². The summed E-state index contributed by atoms with van der Waals surface area (Å²) in [6.45, 7) is 2.59. The van der Waals surface area contributed by atoms with E-state index < -0.39 is 0 Å². The van der Waals surface area contributed by atoms with E-state index in [4.69, 9.17) is 9.57 Å². The maximum absolute atomic E-state index is 12.3. The van der Waals surface area contributed by atoms with Crippen LogP contribution in [0.2, 0.25) is 0 Å². The maximum atomic E-state index is 12.3. The summed E-state index contributed by atoms with van der Waals surface area (Å²) >= 11 is 0. The monoisotopic (exact) mass is 356 g/mol. The summed E-state index contributed by atoms with van der Waals surface area (Å²) < 4.78 is 5.40. The topological polar surface area (TPSA) is 59.9 Å². The molecule has 4 aliphatic rings. The van der Waals surface area contributed by atoms with Gasteiger partial charge in [0.05, 0.1) is 12.8 Å². The molecular weight excluding hydrogens is 328 g/mol. The third kappa shape index (κ3) is 3.87. The second kappa shape index (κ2) is 7.29. The van der Waals surface area contributed by atoms with Gasteiger partial charge in [-0.05, 0) is 93.0 Å². The molecule has 1 N–H and O–H groups in total. The highest BCUT2D eigenvalue weighted by molar-refractivity contribution is 5.80. The summed E-state index contributed by atoms with van der Waals surface area (Å²) in [7, 11) is 0. The number of carbonyl (C=O) groups is 1. The van der Waals surface area contributed by atoms with Gasteiger partial charge >= 0.3 is 0 Å². The number of nitrogens with zero attached hydrogens (tertiary/aromatic N) is 1. The third-order valence-electron chi connectivity index (χ3n) is 6.11. The lowest BCUT2D eigenvalue weighted by Crippen LogP contribution is -2.60. The first-order chi connectivity index (χ1) is 12.6. The molecule has 5 heteroatoms. The van der Waals surface area contributed by atoms with E-state index in [-0.39, 0.29) is 18.1 Å². The molecule has 4 aliphatic carbocycles. The van der Waals surface area contributed by atoms with E-state index >= 15 is 0 Å². The van der Waals surface area contributed by atoms with E-state index in [0.29, 0.717) is 6.61 Å². The lowest BCUT2D eigenvalue weighted by Gasteiger charge is -2.56. The van der Waals surface area contributed by atoms with Crippen LogP contribution >= 0.6 is 0 Å². The fourth-order valence-corrected chi connectivity index (χ4v) is 5.61. The van der Waals surface area contributed by atoms with Crippen molar-refractivity contribution >= 4 is 12.1 Å². The minimum Gasteiger partial charge on any atom is -0.494 e. The van der Waals surface area contributed by atoms with Crippen molar-refractivity contribution in [1.29, 1.82) is 0 Å². The van der Waals surface area contributed by atoms with E-state index in [0.717, 1.165) is 48.3 Å². The van der Waals surface area contributed by atoms with Gasteiger partial charge in [-0.3, -0.25) is 4.79 Å². The molecule has 0 aliphatic heterocycles. The number of amides is 1. The van der Waals surface area contributed by atoms with Crippen LogP contribution in [0, 0.1) is 17.8 Å². The molecule has 0 radical (unpaired) electrons. The molecule has 4 bridgehead atoms. The molecule has 0 saturated heterocycles. The zero-order chi connectivity index (χ0) is 18.0. The molecule has 0 spiro atoms. The Labute approximate surface area is 155 Å². The van der Waals surface area contributed by atoms with Gasteiger partial charge in [-0.15, -0.1) is 0 Å². The molecule has 4 fully saturated rings. The Morgan fingerprint density at radius 2 is 1.77 bits per heavy atom. The first-order valence-electron chi connectivity index (χ1n) is 9.83. The van der Waals surface area contributed by atoms with E-state index in [1.165, 1.54) is 19.3 Å². The predicted octanol–water partition coefficient (Wildman–Crippen LogP) is 3.52. The van der Waals surface area contributed by atoms with E-state index in [1.807, 2.05) is 31.2 Å². The molecule has 0 unspecified atom stereocenters. The van der Waals surface area contributed by atoms with E-state index in [9.17, 15) is 4.79 Å². The molecule has 140 valence electrons. The largest absolute Gasteiger partial charge is 0.494 e. The van der Waals surface area contributed by atoms with Crippen molar-refractivity contribution in [3.8, 4) is 5.75 Å². The van der Waals surface area contributed by atoms with E-state index in [2.05, 4.69) is 10.5 Å². The first kappa shape index (κ1) is 17.4. The average molecular weight is 356 g/mol. The second-order valence-electron chi connectivity index (χ2n) is 8.26. The Hall–Kier alpha value is -2.04. The zero-order valence-electron chi connectivity index (χ0n) is 15.4. The molecule has 5 rings (SSSR count). The number of hydrogen-bond donors (Lipinski definition) is 1. The average Bonchev–Trinajstić information content (AvgIpc) is 2.59. The quantitative estimate of drug-likeness (QED) is 0.601. The lowest BCUT2D eigenvalue weighted by molar-refractivity contribution is -0.131. The van der Waals surface area contributed by atoms with Crippen LogP contribution in [0.1, 0.15) is 51.0 Å². The lowest BCUT2D eigenvalue weighted by atomic mass is 9.53. The molecule has 5 nitrogen and oxygen atoms in total. The van der Waals surface area contributed by atoms with Crippen molar-refractivity contribution in [1.82, 2.24) is 5.32 Å². The van der Waals surface area contributed by atoms with Crippen molar-refractivity contribution in [3.63, 3.8) is 0 Å². The van der Waals surface area contributed by atoms with E-state index in [1.54, 1.807) is 6.21 Å². The highest BCUT2D eigenvalue weighted by Crippen LogP contribution is 2.55. The fourth-order valence-electron chi connectivity index (χ4n) is 5.61. The minimum absolute atomic E-state index is 0.0186. The molecule has 1 amide bonds. The first-order valence-corrected chi connectivity index (χ1v) is 9.83. The molecular formula is C21H28N2O3. The Kier molecular flexibility index (Phi) is 4.88. The predicted molar refractivity (Wildman–Crippen MR) is 100 cm³/mol. The summed E-state index contributed by atoms with van der Waals surface area (Å²) in [5.41, 5.74) is 0.948. The number of hydrogen-bond acceptors (Lipinski definition) is 4. The van der Waals surface area contributed by atoms with Crippen LogP contribution in [0.5, 0.6) is 5.75 Å². The maximum Gasteiger partial charge on any atom is 0.261 e. The Morgan fingerprint density at radius 1 is 1.15 bits per heavy atom. The normalized spacial score (nSPS) is 32.0. The van der Waals surface area contributed by atoms with Crippen molar-refractivity contribution in [3.05, 3.63) is 29.8 Å². The summed E-state index contributed by atoms with van der Waals surface area (Å²) in [6, 6.07) is 7.61. The van der Waals surface area contributed by atoms with Crippen molar-refractivity contribution in [2.75, 3.05) is 13.2 Å².